The molecule has 0 radical (unpaired) electrons. The zero-order chi connectivity index (χ0) is 21.4. The van der Waals surface area contributed by atoms with Crippen molar-refractivity contribution in [2.45, 2.75) is 26.6 Å². The van der Waals surface area contributed by atoms with Crippen molar-refractivity contribution in [2.75, 3.05) is 0 Å². The Bertz CT molecular complexity index is 1210. The summed E-state index contributed by atoms with van der Waals surface area (Å²) in [5.74, 6) is 1.44. The zero-order valence-corrected chi connectivity index (χ0v) is 17.8. The Kier molecular flexibility index (Phi) is 5.50. The first-order valence-corrected chi connectivity index (χ1v) is 9.96. The van der Waals surface area contributed by atoms with E-state index in [-0.39, 0.29) is 5.76 Å². The second-order valence-corrected chi connectivity index (χ2v) is 7.84. The molecular formula is C23H18Cl2O5. The third kappa shape index (κ3) is 3.78. The molecule has 0 aliphatic carbocycles. The Morgan fingerprint density at radius 3 is 2.67 bits per heavy atom. The predicted octanol–water partition coefficient (Wildman–Crippen LogP) is 6.48. The topological polar surface area (TPSA) is 68.9 Å². The number of halogens is 2. The van der Waals surface area contributed by atoms with E-state index in [2.05, 4.69) is 0 Å². The lowest BCUT2D eigenvalue weighted by atomic mass is 10.0. The standard InChI is InChI=1S/C23H18Cl2O5/c1-12-21(10-26)30-23(13(2)22(12)27)20-8-15-7-17(5-6-19(15)29-20)28-11-14-3-4-16(24)9-18(14)25/h3-10,21,27H,11H2,1-2H3. The number of ether oxygens (including phenoxy) is 2. The fourth-order valence-corrected chi connectivity index (χ4v) is 3.70. The van der Waals surface area contributed by atoms with E-state index in [1.807, 2.05) is 12.1 Å². The highest BCUT2D eigenvalue weighted by molar-refractivity contribution is 6.35. The first-order chi connectivity index (χ1) is 14.4. The smallest absolute Gasteiger partial charge is 0.178 e. The van der Waals surface area contributed by atoms with E-state index < -0.39 is 6.10 Å². The van der Waals surface area contributed by atoms with Crippen molar-refractivity contribution >= 4 is 46.2 Å². The minimum atomic E-state index is -0.847. The normalized spacial score (nSPS) is 16.7. The van der Waals surface area contributed by atoms with Crippen molar-refractivity contribution in [1.82, 2.24) is 0 Å². The van der Waals surface area contributed by atoms with Crippen LogP contribution < -0.4 is 4.74 Å². The fraction of sp³-hybridized carbons (Fsp3) is 0.174. The first-order valence-electron chi connectivity index (χ1n) is 9.21. The molecule has 5 nitrogen and oxygen atoms in total. The first kappa shape index (κ1) is 20.4. The molecule has 2 heterocycles. The Morgan fingerprint density at radius 1 is 1.13 bits per heavy atom. The van der Waals surface area contributed by atoms with Crippen LogP contribution >= 0.6 is 23.2 Å². The van der Waals surface area contributed by atoms with Gasteiger partial charge in [0.15, 0.2) is 23.9 Å². The van der Waals surface area contributed by atoms with Crippen LogP contribution in [0.4, 0.5) is 0 Å². The molecule has 2 aromatic carbocycles. The van der Waals surface area contributed by atoms with Gasteiger partial charge in [0.2, 0.25) is 0 Å². The van der Waals surface area contributed by atoms with Crippen LogP contribution in [0.15, 0.2) is 63.8 Å². The number of allylic oxidation sites excluding steroid dienone is 1. The zero-order valence-electron chi connectivity index (χ0n) is 16.2. The maximum atomic E-state index is 11.3. The van der Waals surface area contributed by atoms with Crippen LogP contribution in [-0.2, 0) is 16.1 Å². The molecule has 0 spiro atoms. The quantitative estimate of drug-likeness (QED) is 0.456. The van der Waals surface area contributed by atoms with Gasteiger partial charge in [-0.05, 0) is 50.2 Å². The van der Waals surface area contributed by atoms with Crippen molar-refractivity contribution in [3.05, 3.63) is 80.7 Å². The van der Waals surface area contributed by atoms with Gasteiger partial charge in [-0.2, -0.15) is 0 Å². The number of aliphatic hydroxyl groups is 1. The van der Waals surface area contributed by atoms with Crippen LogP contribution in [0.25, 0.3) is 16.7 Å². The number of hydrogen-bond donors (Lipinski definition) is 1. The number of carbonyl (C=O) groups excluding carboxylic acids is 1. The lowest BCUT2D eigenvalue weighted by Crippen LogP contribution is -2.22. The maximum absolute atomic E-state index is 11.3. The number of fused-ring (bicyclic) bond motifs is 1. The van der Waals surface area contributed by atoms with Crippen LogP contribution in [0, 0.1) is 0 Å². The van der Waals surface area contributed by atoms with E-state index in [0.29, 0.717) is 56.9 Å². The number of aldehydes is 1. The molecule has 0 saturated heterocycles. The summed E-state index contributed by atoms with van der Waals surface area (Å²) in [6.45, 7) is 3.66. The molecule has 1 unspecified atom stereocenters. The lowest BCUT2D eigenvalue weighted by molar-refractivity contribution is -0.113. The highest BCUT2D eigenvalue weighted by atomic mass is 35.5. The van der Waals surface area contributed by atoms with Gasteiger partial charge >= 0.3 is 0 Å². The average Bonchev–Trinajstić information content (AvgIpc) is 3.14. The molecule has 1 atom stereocenters. The van der Waals surface area contributed by atoms with E-state index in [9.17, 15) is 9.90 Å². The van der Waals surface area contributed by atoms with Crippen molar-refractivity contribution in [3.8, 4) is 5.75 Å². The molecule has 0 amide bonds. The van der Waals surface area contributed by atoms with E-state index in [4.69, 9.17) is 37.1 Å². The van der Waals surface area contributed by atoms with E-state index >= 15 is 0 Å². The predicted molar refractivity (Wildman–Crippen MR) is 116 cm³/mol. The molecular weight excluding hydrogens is 427 g/mol. The average molecular weight is 445 g/mol. The van der Waals surface area contributed by atoms with Gasteiger partial charge in [0.1, 0.15) is 23.7 Å². The van der Waals surface area contributed by atoms with E-state index in [0.717, 1.165) is 10.9 Å². The summed E-state index contributed by atoms with van der Waals surface area (Å²) in [4.78, 5) is 11.3. The third-order valence-electron chi connectivity index (χ3n) is 4.99. The summed E-state index contributed by atoms with van der Waals surface area (Å²) in [5.41, 5.74) is 2.43. The number of benzene rings is 2. The van der Waals surface area contributed by atoms with Crippen LogP contribution in [0.1, 0.15) is 25.2 Å². The summed E-state index contributed by atoms with van der Waals surface area (Å²) >= 11 is 12.1. The molecule has 7 heteroatoms. The number of aliphatic hydroxyl groups excluding tert-OH is 1. The van der Waals surface area contributed by atoms with Gasteiger partial charge in [-0.3, -0.25) is 4.79 Å². The number of hydrogen-bond acceptors (Lipinski definition) is 5. The molecule has 30 heavy (non-hydrogen) atoms. The molecule has 1 aliphatic heterocycles. The molecule has 1 aliphatic rings. The second kappa shape index (κ2) is 8.09. The van der Waals surface area contributed by atoms with E-state index in [1.54, 1.807) is 44.2 Å². The van der Waals surface area contributed by atoms with Crippen LogP contribution in [0.5, 0.6) is 5.75 Å². The number of carbonyl (C=O) groups is 1. The highest BCUT2D eigenvalue weighted by Gasteiger charge is 2.28. The van der Waals surface area contributed by atoms with Crippen molar-refractivity contribution in [3.63, 3.8) is 0 Å². The molecule has 1 N–H and O–H groups in total. The lowest BCUT2D eigenvalue weighted by Gasteiger charge is -2.24. The van der Waals surface area contributed by atoms with Gasteiger partial charge in [-0.1, -0.05) is 29.3 Å². The molecule has 154 valence electrons. The summed E-state index contributed by atoms with van der Waals surface area (Å²) in [6.07, 6.45) is -0.200. The molecule has 4 rings (SSSR count). The SMILES string of the molecule is CC1=C(c2cc3cc(OCc4ccc(Cl)cc4Cl)ccc3o2)OC(C=O)C(C)=C1O. The van der Waals surface area contributed by atoms with Crippen LogP contribution in [0.2, 0.25) is 10.0 Å². The van der Waals surface area contributed by atoms with Gasteiger partial charge in [-0.25, -0.2) is 0 Å². The molecule has 0 fully saturated rings. The summed E-state index contributed by atoms with van der Waals surface area (Å²) < 4.78 is 17.5. The molecule has 0 bridgehead atoms. The Balaban J connectivity index is 1.60. The highest BCUT2D eigenvalue weighted by Crippen LogP contribution is 2.36. The summed E-state index contributed by atoms with van der Waals surface area (Å²) in [7, 11) is 0. The minimum absolute atomic E-state index is 0.0395. The second-order valence-electron chi connectivity index (χ2n) is 6.99. The maximum Gasteiger partial charge on any atom is 0.178 e. The molecule has 1 aromatic heterocycles. The largest absolute Gasteiger partial charge is 0.507 e. The third-order valence-corrected chi connectivity index (χ3v) is 5.57. The van der Waals surface area contributed by atoms with Crippen molar-refractivity contribution < 1.29 is 23.8 Å². The monoisotopic (exact) mass is 444 g/mol. The number of rotatable bonds is 5. The van der Waals surface area contributed by atoms with Crippen LogP contribution in [0.3, 0.4) is 0 Å². The molecule has 3 aromatic rings. The number of furan rings is 1. The van der Waals surface area contributed by atoms with Gasteiger partial charge in [-0.15, -0.1) is 0 Å². The minimum Gasteiger partial charge on any atom is -0.507 e. The van der Waals surface area contributed by atoms with Crippen molar-refractivity contribution in [2.24, 2.45) is 0 Å². The Labute approximate surface area is 183 Å². The van der Waals surface area contributed by atoms with Crippen LogP contribution in [-0.4, -0.2) is 17.5 Å². The Hall–Kier alpha value is -2.89. The summed E-state index contributed by atoms with van der Waals surface area (Å²) in [5, 5.41) is 12.2. The van der Waals surface area contributed by atoms with E-state index in [1.165, 1.54) is 0 Å². The Morgan fingerprint density at radius 2 is 1.93 bits per heavy atom. The van der Waals surface area contributed by atoms with Gasteiger partial charge in [0.25, 0.3) is 0 Å². The fourth-order valence-electron chi connectivity index (χ4n) is 3.24. The van der Waals surface area contributed by atoms with Gasteiger partial charge in [0.05, 0.1) is 0 Å². The van der Waals surface area contributed by atoms with Gasteiger partial charge in [0, 0.05) is 32.1 Å². The molecule has 0 saturated carbocycles. The summed E-state index contributed by atoms with van der Waals surface area (Å²) in [6, 6.07) is 12.4. The van der Waals surface area contributed by atoms with Crippen molar-refractivity contribution in [1.29, 1.82) is 0 Å². The van der Waals surface area contributed by atoms with Gasteiger partial charge < -0.3 is 19.0 Å².